The molecule has 0 aromatic heterocycles. The van der Waals surface area contributed by atoms with Crippen LogP contribution in [0.25, 0.3) is 0 Å². The molecule has 5 heteroatoms. The third kappa shape index (κ3) is 2.41. The van der Waals surface area contributed by atoms with E-state index in [2.05, 4.69) is 0 Å². The number of methoxy groups -OCH3 is 1. The molecule has 1 saturated heterocycles. The summed E-state index contributed by atoms with van der Waals surface area (Å²) in [4.78, 5) is 13.9. The van der Waals surface area contributed by atoms with Crippen molar-refractivity contribution in [2.24, 2.45) is 0 Å². The van der Waals surface area contributed by atoms with Crippen LogP contribution in [0.3, 0.4) is 0 Å². The first-order chi connectivity index (χ1) is 8.63. The zero-order valence-corrected chi connectivity index (χ0v) is 10.3. The molecule has 5 nitrogen and oxygen atoms in total. The average Bonchev–Trinajstić information content (AvgIpc) is 2.41. The number of amides is 1. The Bertz CT molecular complexity index is 439. The van der Waals surface area contributed by atoms with Crippen molar-refractivity contribution in [3.05, 3.63) is 23.8 Å². The maximum absolute atomic E-state index is 12.2. The van der Waals surface area contributed by atoms with Crippen molar-refractivity contribution < 1.29 is 19.7 Å². The number of piperidine rings is 1. The van der Waals surface area contributed by atoms with Gasteiger partial charge in [-0.25, -0.2) is 0 Å². The standard InChI is InChI=1S/C13H17NO4/c1-18-9-5-7-14(8-6-9)13(17)10-3-2-4-11(15)12(10)16/h2-4,9,15-16H,5-8H2,1H3. The van der Waals surface area contributed by atoms with Gasteiger partial charge >= 0.3 is 0 Å². The predicted molar refractivity (Wildman–Crippen MR) is 65.7 cm³/mol. The lowest BCUT2D eigenvalue weighted by Crippen LogP contribution is -2.40. The Morgan fingerprint density at radius 3 is 2.61 bits per heavy atom. The van der Waals surface area contributed by atoms with Crippen molar-refractivity contribution >= 4 is 5.91 Å². The van der Waals surface area contributed by atoms with Crippen LogP contribution in [-0.2, 0) is 4.74 Å². The van der Waals surface area contributed by atoms with Gasteiger partial charge in [-0.15, -0.1) is 0 Å². The summed E-state index contributed by atoms with van der Waals surface area (Å²) < 4.78 is 5.24. The molecule has 0 unspecified atom stereocenters. The van der Waals surface area contributed by atoms with Crippen molar-refractivity contribution in [2.75, 3.05) is 20.2 Å². The van der Waals surface area contributed by atoms with E-state index in [0.29, 0.717) is 13.1 Å². The highest BCUT2D eigenvalue weighted by molar-refractivity contribution is 5.97. The Morgan fingerprint density at radius 1 is 1.33 bits per heavy atom. The maximum Gasteiger partial charge on any atom is 0.257 e. The van der Waals surface area contributed by atoms with Crippen LogP contribution in [0.1, 0.15) is 23.2 Å². The molecule has 1 heterocycles. The summed E-state index contributed by atoms with van der Waals surface area (Å²) in [6.45, 7) is 1.21. The molecule has 2 N–H and O–H groups in total. The third-order valence-corrected chi connectivity index (χ3v) is 3.31. The predicted octanol–water partition coefficient (Wildman–Crippen LogP) is 1.35. The molecule has 98 valence electrons. The zero-order valence-electron chi connectivity index (χ0n) is 10.3. The first kappa shape index (κ1) is 12.7. The van der Waals surface area contributed by atoms with Gasteiger partial charge in [0.2, 0.25) is 0 Å². The fourth-order valence-electron chi connectivity index (χ4n) is 2.17. The first-order valence-electron chi connectivity index (χ1n) is 5.96. The van der Waals surface area contributed by atoms with Crippen molar-refractivity contribution in [1.82, 2.24) is 4.90 Å². The van der Waals surface area contributed by atoms with Gasteiger partial charge in [-0.05, 0) is 25.0 Å². The van der Waals surface area contributed by atoms with E-state index < -0.39 is 0 Å². The van der Waals surface area contributed by atoms with Crippen molar-refractivity contribution in [3.8, 4) is 11.5 Å². The minimum atomic E-state index is -0.351. The summed E-state index contributed by atoms with van der Waals surface area (Å²) in [5, 5.41) is 19.1. The summed E-state index contributed by atoms with van der Waals surface area (Å²) in [5.74, 6) is -0.873. The number of carbonyl (C=O) groups is 1. The molecular weight excluding hydrogens is 234 g/mol. The second-order valence-corrected chi connectivity index (χ2v) is 4.40. The van der Waals surface area contributed by atoms with Crippen LogP contribution in [0.5, 0.6) is 11.5 Å². The summed E-state index contributed by atoms with van der Waals surface area (Å²) in [6, 6.07) is 4.41. The lowest BCUT2D eigenvalue weighted by molar-refractivity contribution is 0.0349. The summed E-state index contributed by atoms with van der Waals surface area (Å²) in [7, 11) is 1.67. The van der Waals surface area contributed by atoms with Gasteiger partial charge in [-0.2, -0.15) is 0 Å². The fraction of sp³-hybridized carbons (Fsp3) is 0.462. The van der Waals surface area contributed by atoms with E-state index in [0.717, 1.165) is 12.8 Å². The third-order valence-electron chi connectivity index (χ3n) is 3.31. The Labute approximate surface area is 106 Å². The second kappa shape index (κ2) is 5.27. The number of nitrogens with zero attached hydrogens (tertiary/aromatic N) is 1. The molecule has 0 bridgehead atoms. The average molecular weight is 251 g/mol. The van der Waals surface area contributed by atoms with Crippen molar-refractivity contribution in [3.63, 3.8) is 0 Å². The fourth-order valence-corrected chi connectivity index (χ4v) is 2.17. The maximum atomic E-state index is 12.2. The Hall–Kier alpha value is -1.75. The smallest absolute Gasteiger partial charge is 0.257 e. The number of rotatable bonds is 2. The number of likely N-dealkylation sites (tertiary alicyclic amines) is 1. The summed E-state index contributed by atoms with van der Waals surface area (Å²) in [6.07, 6.45) is 1.79. The molecule has 1 aromatic rings. The van der Waals surface area contributed by atoms with Crippen molar-refractivity contribution in [1.29, 1.82) is 0 Å². The number of ether oxygens (including phenoxy) is 1. The van der Waals surface area contributed by atoms with E-state index in [9.17, 15) is 15.0 Å². The van der Waals surface area contributed by atoms with Gasteiger partial charge in [0.15, 0.2) is 11.5 Å². The highest BCUT2D eigenvalue weighted by Gasteiger charge is 2.25. The van der Waals surface area contributed by atoms with Gasteiger partial charge < -0.3 is 19.8 Å². The molecule has 1 fully saturated rings. The molecule has 0 aliphatic carbocycles. The van der Waals surface area contributed by atoms with E-state index in [1.54, 1.807) is 18.1 Å². The van der Waals surface area contributed by atoms with Crippen LogP contribution in [0.2, 0.25) is 0 Å². The minimum absolute atomic E-state index is 0.144. The highest BCUT2D eigenvalue weighted by atomic mass is 16.5. The van der Waals surface area contributed by atoms with Crippen LogP contribution >= 0.6 is 0 Å². The Balaban J connectivity index is 2.10. The normalized spacial score (nSPS) is 16.8. The van der Waals surface area contributed by atoms with Gasteiger partial charge in [0.1, 0.15) is 0 Å². The van der Waals surface area contributed by atoms with Gasteiger partial charge in [-0.1, -0.05) is 6.07 Å². The molecule has 0 radical (unpaired) electrons. The van der Waals surface area contributed by atoms with E-state index >= 15 is 0 Å². The van der Waals surface area contributed by atoms with E-state index in [1.807, 2.05) is 0 Å². The number of phenolic OH excluding ortho intramolecular Hbond substituents is 2. The molecule has 1 aromatic carbocycles. The summed E-state index contributed by atoms with van der Waals surface area (Å²) >= 11 is 0. The summed E-state index contributed by atoms with van der Waals surface area (Å²) in [5.41, 5.74) is 0.144. The van der Waals surface area contributed by atoms with E-state index in [-0.39, 0.29) is 29.1 Å². The topological polar surface area (TPSA) is 70.0 Å². The molecule has 0 saturated carbocycles. The molecule has 18 heavy (non-hydrogen) atoms. The monoisotopic (exact) mass is 251 g/mol. The van der Waals surface area contributed by atoms with Gasteiger partial charge in [0.05, 0.1) is 11.7 Å². The molecule has 1 aliphatic rings. The number of hydrogen-bond donors (Lipinski definition) is 2. The lowest BCUT2D eigenvalue weighted by Gasteiger charge is -2.31. The first-order valence-corrected chi connectivity index (χ1v) is 5.96. The van der Waals surface area contributed by atoms with Crippen LogP contribution in [0.15, 0.2) is 18.2 Å². The van der Waals surface area contributed by atoms with Gasteiger partial charge in [0.25, 0.3) is 5.91 Å². The van der Waals surface area contributed by atoms with Crippen LogP contribution in [0.4, 0.5) is 0 Å². The zero-order chi connectivity index (χ0) is 13.1. The van der Waals surface area contributed by atoms with Gasteiger partial charge in [0, 0.05) is 20.2 Å². The number of benzene rings is 1. The molecular formula is C13H17NO4. The minimum Gasteiger partial charge on any atom is -0.504 e. The van der Waals surface area contributed by atoms with E-state index in [4.69, 9.17) is 4.74 Å². The van der Waals surface area contributed by atoms with Crippen LogP contribution < -0.4 is 0 Å². The number of hydrogen-bond acceptors (Lipinski definition) is 4. The number of aromatic hydroxyl groups is 2. The molecule has 1 aliphatic heterocycles. The van der Waals surface area contributed by atoms with Crippen LogP contribution in [0, 0.1) is 0 Å². The van der Waals surface area contributed by atoms with Gasteiger partial charge in [-0.3, -0.25) is 4.79 Å². The molecule has 2 rings (SSSR count). The number of para-hydroxylation sites is 1. The lowest BCUT2D eigenvalue weighted by atomic mass is 10.1. The number of phenols is 2. The largest absolute Gasteiger partial charge is 0.504 e. The molecule has 0 atom stereocenters. The molecule has 0 spiro atoms. The highest BCUT2D eigenvalue weighted by Crippen LogP contribution is 2.29. The Kier molecular flexibility index (Phi) is 3.72. The quantitative estimate of drug-likeness (QED) is 0.778. The second-order valence-electron chi connectivity index (χ2n) is 4.40. The van der Waals surface area contributed by atoms with Crippen molar-refractivity contribution in [2.45, 2.75) is 18.9 Å². The SMILES string of the molecule is COC1CCN(C(=O)c2cccc(O)c2O)CC1. The Morgan fingerprint density at radius 2 is 2.00 bits per heavy atom. The number of carbonyl (C=O) groups excluding carboxylic acids is 1. The van der Waals surface area contributed by atoms with Crippen LogP contribution in [-0.4, -0.2) is 47.3 Å². The molecule has 1 amide bonds. The van der Waals surface area contributed by atoms with E-state index in [1.165, 1.54) is 12.1 Å².